The molecule has 122 valence electrons. The Kier molecular flexibility index (Phi) is 3.65. The Morgan fingerprint density at radius 1 is 1.33 bits per heavy atom. The van der Waals surface area contributed by atoms with Crippen molar-refractivity contribution < 1.29 is 18.7 Å². The summed E-state index contributed by atoms with van der Waals surface area (Å²) in [6.45, 7) is 0.406. The summed E-state index contributed by atoms with van der Waals surface area (Å²) >= 11 is 0. The number of hydrogen-bond acceptors (Lipinski definition) is 4. The molecule has 6 heteroatoms. The van der Waals surface area contributed by atoms with Crippen LogP contribution in [0.1, 0.15) is 34.9 Å². The Morgan fingerprint density at radius 2 is 2.25 bits per heavy atom. The third kappa shape index (κ3) is 2.60. The molecule has 3 aromatic rings. The summed E-state index contributed by atoms with van der Waals surface area (Å²) in [6, 6.07) is 8.17. The van der Waals surface area contributed by atoms with Crippen molar-refractivity contribution in [3.05, 3.63) is 66.0 Å². The molecule has 1 aromatic carbocycles. The lowest BCUT2D eigenvalue weighted by Crippen LogP contribution is -2.12. The molecule has 5 nitrogen and oxygen atoms in total. The number of carbonyl (C=O) groups is 1. The standard InChI is InChI=1S/C18H15FN2O3/c19-15-4-1-3-14-16(5-2-8-23-17(14)15)24-18(22)12-6-7-13-9-20-11-21(13)10-12/h1,3-4,6-7,9-11,16H,2,5,8H2. The summed E-state index contributed by atoms with van der Waals surface area (Å²) < 4.78 is 26.8. The first kappa shape index (κ1) is 14.7. The number of aromatic nitrogens is 2. The van der Waals surface area contributed by atoms with E-state index in [0.717, 1.165) is 5.52 Å². The second-order valence-corrected chi connectivity index (χ2v) is 5.69. The van der Waals surface area contributed by atoms with E-state index in [-0.39, 0.29) is 5.75 Å². The van der Waals surface area contributed by atoms with Crippen molar-refractivity contribution in [3.8, 4) is 5.75 Å². The molecule has 1 unspecified atom stereocenters. The lowest BCUT2D eigenvalue weighted by molar-refractivity contribution is 0.0277. The van der Waals surface area contributed by atoms with Crippen LogP contribution >= 0.6 is 0 Å². The number of ether oxygens (including phenoxy) is 2. The number of halogens is 1. The Labute approximate surface area is 137 Å². The maximum absolute atomic E-state index is 13.9. The van der Waals surface area contributed by atoms with Gasteiger partial charge in [-0.15, -0.1) is 0 Å². The fourth-order valence-corrected chi connectivity index (χ4v) is 2.89. The van der Waals surface area contributed by atoms with Crippen molar-refractivity contribution in [1.82, 2.24) is 9.38 Å². The van der Waals surface area contributed by atoms with Gasteiger partial charge in [-0.2, -0.15) is 0 Å². The maximum Gasteiger partial charge on any atom is 0.340 e. The number of fused-ring (bicyclic) bond motifs is 2. The molecule has 4 rings (SSSR count). The van der Waals surface area contributed by atoms with Gasteiger partial charge in [0.2, 0.25) is 0 Å². The number of imidazole rings is 1. The molecule has 0 bridgehead atoms. The average Bonchev–Trinajstić information content (AvgIpc) is 2.96. The number of pyridine rings is 1. The van der Waals surface area contributed by atoms with Crippen molar-refractivity contribution in [2.24, 2.45) is 0 Å². The van der Waals surface area contributed by atoms with Crippen LogP contribution in [-0.4, -0.2) is 22.0 Å². The Balaban J connectivity index is 1.62. The third-order valence-electron chi connectivity index (χ3n) is 4.09. The first-order valence-corrected chi connectivity index (χ1v) is 7.76. The number of esters is 1. The summed E-state index contributed by atoms with van der Waals surface area (Å²) in [5.74, 6) is -0.708. The molecule has 0 amide bonds. The zero-order valence-electron chi connectivity index (χ0n) is 12.8. The highest BCUT2D eigenvalue weighted by molar-refractivity contribution is 5.89. The Morgan fingerprint density at radius 3 is 3.17 bits per heavy atom. The number of hydrogen-bond donors (Lipinski definition) is 0. The molecule has 1 atom stereocenters. The lowest BCUT2D eigenvalue weighted by Gasteiger charge is -2.18. The van der Waals surface area contributed by atoms with E-state index >= 15 is 0 Å². The first-order chi connectivity index (χ1) is 11.7. The SMILES string of the molecule is O=C(OC1CCCOc2c(F)cccc21)c1ccc2cncn2c1. The van der Waals surface area contributed by atoms with Gasteiger partial charge in [-0.3, -0.25) is 0 Å². The zero-order chi connectivity index (χ0) is 16.5. The molecule has 0 saturated heterocycles. The molecular weight excluding hydrogens is 311 g/mol. The summed E-state index contributed by atoms with van der Waals surface area (Å²) in [5, 5.41) is 0. The van der Waals surface area contributed by atoms with Gasteiger partial charge in [0.1, 0.15) is 6.10 Å². The summed E-state index contributed by atoms with van der Waals surface area (Å²) in [4.78, 5) is 16.5. The van der Waals surface area contributed by atoms with Crippen molar-refractivity contribution in [3.63, 3.8) is 0 Å². The van der Waals surface area contributed by atoms with Gasteiger partial charge in [0, 0.05) is 11.8 Å². The number of rotatable bonds is 2. The molecule has 24 heavy (non-hydrogen) atoms. The minimum Gasteiger partial charge on any atom is -0.490 e. The van der Waals surface area contributed by atoms with Crippen LogP contribution in [0.25, 0.3) is 5.52 Å². The minimum atomic E-state index is -0.524. The zero-order valence-corrected chi connectivity index (χ0v) is 12.8. The largest absolute Gasteiger partial charge is 0.490 e. The number of carbonyl (C=O) groups excluding carboxylic acids is 1. The normalized spacial score (nSPS) is 17.0. The highest BCUT2D eigenvalue weighted by atomic mass is 19.1. The molecule has 0 saturated carbocycles. The maximum atomic E-state index is 13.9. The van der Waals surface area contributed by atoms with E-state index in [1.165, 1.54) is 6.07 Å². The highest BCUT2D eigenvalue weighted by Gasteiger charge is 2.26. The van der Waals surface area contributed by atoms with Gasteiger partial charge in [0.15, 0.2) is 11.6 Å². The summed E-state index contributed by atoms with van der Waals surface area (Å²) in [7, 11) is 0. The topological polar surface area (TPSA) is 52.8 Å². The van der Waals surface area contributed by atoms with Crippen LogP contribution in [-0.2, 0) is 4.74 Å². The Bertz CT molecular complexity index is 906. The fraction of sp³-hybridized carbons (Fsp3) is 0.222. The van der Waals surface area contributed by atoms with Crippen LogP contribution < -0.4 is 4.74 Å². The highest BCUT2D eigenvalue weighted by Crippen LogP contribution is 2.36. The quantitative estimate of drug-likeness (QED) is 0.676. The molecular formula is C18H15FN2O3. The third-order valence-corrected chi connectivity index (χ3v) is 4.09. The first-order valence-electron chi connectivity index (χ1n) is 7.76. The van der Waals surface area contributed by atoms with Crippen LogP contribution in [0, 0.1) is 5.82 Å². The molecule has 0 spiro atoms. The fourth-order valence-electron chi connectivity index (χ4n) is 2.89. The van der Waals surface area contributed by atoms with Crippen molar-refractivity contribution in [2.45, 2.75) is 18.9 Å². The van der Waals surface area contributed by atoms with Crippen LogP contribution in [0.3, 0.4) is 0 Å². The summed E-state index contributed by atoms with van der Waals surface area (Å²) in [5.41, 5.74) is 1.88. The molecule has 2 aromatic heterocycles. The van der Waals surface area contributed by atoms with Gasteiger partial charge in [-0.05, 0) is 31.0 Å². The molecule has 1 aliphatic heterocycles. The smallest absolute Gasteiger partial charge is 0.340 e. The number of nitrogens with zero attached hydrogens (tertiary/aromatic N) is 2. The van der Waals surface area contributed by atoms with Crippen molar-refractivity contribution in [1.29, 1.82) is 0 Å². The van der Waals surface area contributed by atoms with E-state index in [2.05, 4.69) is 4.98 Å². The van der Waals surface area contributed by atoms with E-state index < -0.39 is 17.9 Å². The minimum absolute atomic E-state index is 0.179. The van der Waals surface area contributed by atoms with Gasteiger partial charge in [0.25, 0.3) is 0 Å². The van der Waals surface area contributed by atoms with E-state index in [4.69, 9.17) is 9.47 Å². The number of para-hydroxylation sites is 1. The van der Waals surface area contributed by atoms with Crippen molar-refractivity contribution >= 4 is 11.5 Å². The van der Waals surface area contributed by atoms with Crippen molar-refractivity contribution in [2.75, 3.05) is 6.61 Å². The van der Waals surface area contributed by atoms with E-state index in [1.807, 2.05) is 0 Å². The molecule has 3 heterocycles. The predicted molar refractivity (Wildman–Crippen MR) is 84.5 cm³/mol. The van der Waals surface area contributed by atoms with E-state index in [1.54, 1.807) is 47.4 Å². The van der Waals surface area contributed by atoms with Crippen LogP contribution in [0.5, 0.6) is 5.75 Å². The molecule has 0 aliphatic carbocycles. The molecule has 0 fully saturated rings. The lowest BCUT2D eigenvalue weighted by atomic mass is 10.0. The Hall–Kier alpha value is -2.89. The van der Waals surface area contributed by atoms with Crippen LogP contribution in [0.2, 0.25) is 0 Å². The molecule has 1 aliphatic rings. The molecule has 0 N–H and O–H groups in total. The predicted octanol–water partition coefficient (Wildman–Crippen LogP) is 3.54. The summed E-state index contributed by atoms with van der Waals surface area (Å²) in [6.07, 6.45) is 5.75. The van der Waals surface area contributed by atoms with E-state index in [9.17, 15) is 9.18 Å². The van der Waals surface area contributed by atoms with Gasteiger partial charge in [-0.25, -0.2) is 14.2 Å². The molecule has 0 radical (unpaired) electrons. The number of benzene rings is 1. The van der Waals surface area contributed by atoms with E-state index in [0.29, 0.717) is 30.6 Å². The van der Waals surface area contributed by atoms with Crippen LogP contribution in [0.4, 0.5) is 4.39 Å². The second kappa shape index (κ2) is 5.96. The van der Waals surface area contributed by atoms with Gasteiger partial charge in [-0.1, -0.05) is 12.1 Å². The van der Waals surface area contributed by atoms with Gasteiger partial charge < -0.3 is 13.9 Å². The van der Waals surface area contributed by atoms with Gasteiger partial charge >= 0.3 is 5.97 Å². The van der Waals surface area contributed by atoms with Crippen LogP contribution in [0.15, 0.2) is 49.1 Å². The van der Waals surface area contributed by atoms with Gasteiger partial charge in [0.05, 0.1) is 30.2 Å². The monoisotopic (exact) mass is 326 g/mol. The second-order valence-electron chi connectivity index (χ2n) is 5.69. The average molecular weight is 326 g/mol.